The van der Waals surface area contributed by atoms with Crippen molar-refractivity contribution in [2.45, 2.75) is 90.1 Å². The predicted octanol–water partition coefficient (Wildman–Crippen LogP) is -2.17. The molecular formula is C41H55N9O11. The van der Waals surface area contributed by atoms with Crippen LogP contribution in [-0.4, -0.2) is 107 Å². The van der Waals surface area contributed by atoms with Gasteiger partial charge in [-0.1, -0.05) is 88.4 Å². The average molecular weight is 850 g/mol. The lowest BCUT2D eigenvalue weighted by Gasteiger charge is -2.28. The highest BCUT2D eigenvalue weighted by molar-refractivity contribution is 6.01. The first kappa shape index (κ1) is 50.0. The molecule has 0 aliphatic carbocycles. The lowest BCUT2D eigenvalue weighted by molar-refractivity contribution is -0.141. The van der Waals surface area contributed by atoms with E-state index in [4.69, 9.17) is 11.5 Å². The van der Waals surface area contributed by atoms with Gasteiger partial charge in [-0.05, 0) is 29.9 Å². The smallest absolute Gasteiger partial charge is 0.326 e. The lowest BCUT2D eigenvalue weighted by atomic mass is 9.98. The zero-order chi connectivity index (χ0) is 45.8. The molecule has 0 aliphatic rings. The summed E-state index contributed by atoms with van der Waals surface area (Å²) >= 11 is 0. The first-order valence-corrected chi connectivity index (χ1v) is 19.3. The highest BCUT2D eigenvalue weighted by atomic mass is 16.4. The molecule has 0 fully saturated rings. The number of nitrogens with two attached hydrogens (primary N) is 2. The Morgan fingerprint density at radius 3 is 1.51 bits per heavy atom. The minimum absolute atomic E-state index is 0.00305. The van der Waals surface area contributed by atoms with Gasteiger partial charge in [0, 0.05) is 25.0 Å². The van der Waals surface area contributed by atoms with Gasteiger partial charge >= 0.3 is 5.97 Å². The Kier molecular flexibility index (Phi) is 20.3. The van der Waals surface area contributed by atoms with Crippen molar-refractivity contribution in [3.63, 3.8) is 0 Å². The number of carboxylic acid groups (broad SMARTS) is 1. The monoisotopic (exact) mass is 849 g/mol. The topological polar surface area (TPSA) is 327 Å². The SMILES string of the molecule is CC(C)[C@H](NC(=O)[C@@H](NC(=O)[C@H](Cc1ccccc1)NC(=O)[C@H](CC(N)=O)NC(=O)/C=C/C(=O)N[C@@H](C)C(=O)NCC(=O)N[C@@H](Cc1ccccc1)C(=O)O)C(C)C)C(N)=O. The number of amides is 9. The summed E-state index contributed by atoms with van der Waals surface area (Å²) in [7, 11) is 0. The third-order valence-corrected chi connectivity index (χ3v) is 8.95. The first-order valence-electron chi connectivity index (χ1n) is 19.3. The van der Waals surface area contributed by atoms with Gasteiger partial charge in [-0.3, -0.25) is 43.2 Å². The summed E-state index contributed by atoms with van der Waals surface area (Å²) in [5.74, 6) is -9.98. The second kappa shape index (κ2) is 24.7. The number of aliphatic carboxylic acids is 1. The van der Waals surface area contributed by atoms with Crippen LogP contribution in [0.2, 0.25) is 0 Å². The molecule has 2 aromatic carbocycles. The van der Waals surface area contributed by atoms with Crippen molar-refractivity contribution in [2.24, 2.45) is 23.3 Å². The maximum atomic E-state index is 13.7. The third-order valence-electron chi connectivity index (χ3n) is 8.95. The summed E-state index contributed by atoms with van der Waals surface area (Å²) in [5, 5.41) is 26.3. The molecule has 12 N–H and O–H groups in total. The van der Waals surface area contributed by atoms with Crippen LogP contribution in [0.1, 0.15) is 52.2 Å². The van der Waals surface area contributed by atoms with Gasteiger partial charge in [0.1, 0.15) is 36.3 Å². The molecule has 0 heterocycles. The second-order valence-electron chi connectivity index (χ2n) is 14.8. The fraction of sp³-hybridized carbons (Fsp3) is 0.415. The number of primary amides is 2. The van der Waals surface area contributed by atoms with Crippen molar-refractivity contribution in [1.29, 1.82) is 0 Å². The van der Waals surface area contributed by atoms with Crippen LogP contribution in [-0.2, 0) is 60.8 Å². The van der Waals surface area contributed by atoms with Crippen LogP contribution in [0.4, 0.5) is 0 Å². The third kappa shape index (κ3) is 18.1. The number of carbonyl (C=O) groups is 10. The molecule has 2 aromatic rings. The van der Waals surface area contributed by atoms with Gasteiger partial charge in [-0.15, -0.1) is 0 Å². The molecule has 0 aromatic heterocycles. The molecule has 6 atom stereocenters. The van der Waals surface area contributed by atoms with E-state index in [2.05, 4.69) is 37.2 Å². The minimum atomic E-state index is -1.64. The summed E-state index contributed by atoms with van der Waals surface area (Å²) in [6, 6.07) is 9.40. The van der Waals surface area contributed by atoms with Crippen molar-refractivity contribution in [1.82, 2.24) is 37.2 Å². The molecule has 2 rings (SSSR count). The molecule has 61 heavy (non-hydrogen) atoms. The molecule has 0 aliphatic heterocycles. The van der Waals surface area contributed by atoms with Gasteiger partial charge in [0.2, 0.25) is 53.2 Å². The molecule has 9 amide bonds. The molecule has 0 spiro atoms. The van der Waals surface area contributed by atoms with Crippen LogP contribution < -0.4 is 48.7 Å². The number of nitrogens with one attached hydrogen (secondary N) is 7. The van der Waals surface area contributed by atoms with Gasteiger partial charge in [-0.2, -0.15) is 0 Å². The van der Waals surface area contributed by atoms with Gasteiger partial charge < -0.3 is 53.8 Å². The summed E-state index contributed by atoms with van der Waals surface area (Å²) < 4.78 is 0. The zero-order valence-electron chi connectivity index (χ0n) is 34.6. The molecule has 0 bridgehead atoms. The molecule has 330 valence electrons. The maximum Gasteiger partial charge on any atom is 0.326 e. The number of carboxylic acids is 1. The zero-order valence-corrected chi connectivity index (χ0v) is 34.6. The fourth-order valence-electron chi connectivity index (χ4n) is 5.65. The highest BCUT2D eigenvalue weighted by Gasteiger charge is 2.33. The number of hydrogen-bond acceptors (Lipinski definition) is 10. The number of benzene rings is 2. The maximum absolute atomic E-state index is 13.7. The Bertz CT molecular complexity index is 1920. The Balaban J connectivity index is 2.08. The number of carbonyl (C=O) groups excluding carboxylic acids is 9. The van der Waals surface area contributed by atoms with E-state index in [1.54, 1.807) is 88.4 Å². The van der Waals surface area contributed by atoms with E-state index in [0.29, 0.717) is 17.2 Å². The van der Waals surface area contributed by atoms with Crippen molar-refractivity contribution in [2.75, 3.05) is 6.54 Å². The number of hydrogen-bond donors (Lipinski definition) is 10. The van der Waals surface area contributed by atoms with Crippen LogP contribution in [0.5, 0.6) is 0 Å². The molecule has 20 heteroatoms. The predicted molar refractivity (Wildman–Crippen MR) is 220 cm³/mol. The summed E-state index contributed by atoms with van der Waals surface area (Å²) in [6.45, 7) is 7.35. The van der Waals surface area contributed by atoms with E-state index in [-0.39, 0.29) is 18.8 Å². The lowest BCUT2D eigenvalue weighted by Crippen LogP contribution is -2.60. The van der Waals surface area contributed by atoms with Gasteiger partial charge in [0.15, 0.2) is 0 Å². The first-order chi connectivity index (χ1) is 28.7. The van der Waals surface area contributed by atoms with E-state index in [9.17, 15) is 53.1 Å². The Hall–Kier alpha value is -7.12. The summed E-state index contributed by atoms with van der Waals surface area (Å²) in [4.78, 5) is 126. The van der Waals surface area contributed by atoms with E-state index in [1.807, 2.05) is 0 Å². The van der Waals surface area contributed by atoms with E-state index < -0.39 is 114 Å². The Morgan fingerprint density at radius 2 is 1.03 bits per heavy atom. The minimum Gasteiger partial charge on any atom is -0.480 e. The van der Waals surface area contributed by atoms with Crippen LogP contribution in [0.25, 0.3) is 0 Å². The average Bonchev–Trinajstić information content (AvgIpc) is 3.19. The quantitative estimate of drug-likeness (QED) is 0.0507. The second-order valence-corrected chi connectivity index (χ2v) is 14.8. The Labute approximate surface area is 352 Å². The van der Waals surface area contributed by atoms with Gasteiger partial charge in [-0.25, -0.2) is 4.79 Å². The molecule has 20 nitrogen and oxygen atoms in total. The summed E-state index contributed by atoms with van der Waals surface area (Å²) in [6.07, 6.45) is 0.637. The fourth-order valence-corrected chi connectivity index (χ4v) is 5.65. The van der Waals surface area contributed by atoms with Crippen LogP contribution in [0, 0.1) is 11.8 Å². The molecule has 0 radical (unpaired) electrons. The van der Waals surface area contributed by atoms with Crippen molar-refractivity contribution in [3.05, 3.63) is 83.9 Å². The van der Waals surface area contributed by atoms with Crippen LogP contribution in [0.3, 0.4) is 0 Å². The highest BCUT2D eigenvalue weighted by Crippen LogP contribution is 2.10. The Morgan fingerprint density at radius 1 is 0.557 bits per heavy atom. The van der Waals surface area contributed by atoms with Crippen LogP contribution in [0.15, 0.2) is 72.8 Å². The molecule has 0 unspecified atom stereocenters. The van der Waals surface area contributed by atoms with Gasteiger partial charge in [0.25, 0.3) is 0 Å². The van der Waals surface area contributed by atoms with Crippen molar-refractivity contribution in [3.8, 4) is 0 Å². The molecule has 0 saturated heterocycles. The molecular weight excluding hydrogens is 795 g/mol. The number of rotatable bonds is 24. The van der Waals surface area contributed by atoms with E-state index in [0.717, 1.165) is 6.08 Å². The van der Waals surface area contributed by atoms with Crippen molar-refractivity contribution >= 4 is 59.1 Å². The normalized spacial score (nSPS) is 14.0. The largest absolute Gasteiger partial charge is 0.480 e. The molecule has 0 saturated carbocycles. The van der Waals surface area contributed by atoms with Crippen LogP contribution >= 0.6 is 0 Å². The van der Waals surface area contributed by atoms with E-state index >= 15 is 0 Å². The summed E-state index contributed by atoms with van der Waals surface area (Å²) in [5.41, 5.74) is 12.1. The van der Waals surface area contributed by atoms with Crippen molar-refractivity contribution < 1.29 is 53.1 Å². The van der Waals surface area contributed by atoms with E-state index in [1.165, 1.54) is 6.92 Å². The standard InChI is InChI=1S/C41H55N9O11/c1-22(2)34(36(43)55)49-40(59)35(23(3)4)50-39(58)27(18-25-12-8-6-9-13-25)48-38(57)28(20-30(42)51)46-32(53)17-16-31(52)45-24(5)37(56)44-21-33(54)47-29(41(60)61)19-26-14-10-7-11-15-26/h6-17,22-24,27-29,34-35H,18-21H2,1-5H3,(H2,42,51)(H2,43,55)(H,44,56)(H,45,52)(H,46,53)(H,47,54)(H,48,57)(H,49,59)(H,50,58)(H,60,61)/b17-16+/t24-,27-,28-,29-,34-,35-/m0/s1. The van der Waals surface area contributed by atoms with Gasteiger partial charge in [0.05, 0.1) is 13.0 Å².